The zero-order chi connectivity index (χ0) is 19.8. The Labute approximate surface area is 164 Å². The fourth-order valence-electron chi connectivity index (χ4n) is 3.11. The molecule has 7 heteroatoms. The number of halogens is 1. The summed E-state index contributed by atoms with van der Waals surface area (Å²) in [6.45, 7) is -0.0325. The van der Waals surface area contributed by atoms with E-state index in [1.165, 1.54) is 18.3 Å². The molecule has 28 heavy (non-hydrogen) atoms. The maximum atomic E-state index is 12.9. The Hall–Kier alpha value is -3.51. The van der Waals surface area contributed by atoms with Crippen molar-refractivity contribution < 1.29 is 19.1 Å². The number of hydrogen-bond donors (Lipinski definition) is 1. The lowest BCUT2D eigenvalue weighted by atomic mass is 9.82. The summed E-state index contributed by atoms with van der Waals surface area (Å²) in [5, 5.41) is 0.331. The summed E-state index contributed by atoms with van der Waals surface area (Å²) >= 11 is 5.73. The normalized spacial score (nSPS) is 12.3. The first-order chi connectivity index (χ1) is 13.5. The quantitative estimate of drug-likeness (QED) is 0.325. The van der Waals surface area contributed by atoms with Gasteiger partial charge in [-0.05, 0) is 18.2 Å². The van der Waals surface area contributed by atoms with Gasteiger partial charge in [0.1, 0.15) is 11.8 Å². The van der Waals surface area contributed by atoms with Gasteiger partial charge < -0.3 is 10.5 Å². The SMILES string of the molecule is Nc1c(C(=O)OCc2ccc(Cl)nc2)ccc2c1C(=O)c1ccccc1C2=O. The Morgan fingerprint density at radius 1 is 0.964 bits per heavy atom. The van der Waals surface area contributed by atoms with Crippen LogP contribution < -0.4 is 5.73 Å². The predicted molar refractivity (Wildman–Crippen MR) is 103 cm³/mol. The maximum absolute atomic E-state index is 12.9. The number of benzene rings is 2. The molecule has 0 atom stereocenters. The number of nitrogens with two attached hydrogens (primary N) is 1. The molecular formula is C21H13ClN2O4. The zero-order valence-electron chi connectivity index (χ0n) is 14.4. The molecule has 4 rings (SSSR count). The topological polar surface area (TPSA) is 99.3 Å². The summed E-state index contributed by atoms with van der Waals surface area (Å²) in [7, 11) is 0. The van der Waals surface area contributed by atoms with Crippen LogP contribution >= 0.6 is 11.6 Å². The Morgan fingerprint density at radius 3 is 2.36 bits per heavy atom. The average Bonchev–Trinajstić information content (AvgIpc) is 2.71. The maximum Gasteiger partial charge on any atom is 0.340 e. The van der Waals surface area contributed by atoms with Crippen molar-refractivity contribution in [3.63, 3.8) is 0 Å². The largest absolute Gasteiger partial charge is 0.457 e. The minimum atomic E-state index is -0.700. The number of carbonyl (C=O) groups is 3. The highest BCUT2D eigenvalue weighted by molar-refractivity contribution is 6.31. The lowest BCUT2D eigenvalue weighted by molar-refractivity contribution is 0.0473. The molecule has 0 radical (unpaired) electrons. The molecule has 0 saturated carbocycles. The molecule has 1 aromatic heterocycles. The number of ketones is 2. The van der Waals surface area contributed by atoms with Crippen molar-refractivity contribution >= 4 is 34.8 Å². The molecule has 0 saturated heterocycles. The minimum absolute atomic E-state index is 0.0289. The number of nitrogen functional groups attached to an aromatic ring is 1. The van der Waals surface area contributed by atoms with Crippen LogP contribution in [-0.2, 0) is 11.3 Å². The van der Waals surface area contributed by atoms with Gasteiger partial charge in [-0.3, -0.25) is 9.59 Å². The van der Waals surface area contributed by atoms with Gasteiger partial charge in [0, 0.05) is 28.5 Å². The third-order valence-corrected chi connectivity index (χ3v) is 4.74. The molecule has 0 bridgehead atoms. The van der Waals surface area contributed by atoms with Gasteiger partial charge in [0.25, 0.3) is 0 Å². The predicted octanol–water partition coefficient (Wildman–Crippen LogP) is 3.45. The molecule has 0 fully saturated rings. The standard InChI is InChI=1S/C21H13ClN2O4/c22-16-8-5-11(9-24-16)10-28-21(27)15-7-6-14-17(18(15)23)20(26)13-4-2-1-3-12(13)19(14)25/h1-9H,10,23H2. The lowest BCUT2D eigenvalue weighted by Gasteiger charge is -2.20. The zero-order valence-corrected chi connectivity index (χ0v) is 15.2. The summed E-state index contributed by atoms with van der Waals surface area (Å²) in [5.74, 6) is -1.39. The van der Waals surface area contributed by atoms with Gasteiger partial charge in [0.05, 0.1) is 16.8 Å². The van der Waals surface area contributed by atoms with Crippen LogP contribution in [0.1, 0.15) is 47.8 Å². The number of aromatic nitrogens is 1. The fraction of sp³-hybridized carbons (Fsp3) is 0.0476. The first-order valence-electron chi connectivity index (χ1n) is 8.36. The number of esters is 1. The molecule has 0 aliphatic heterocycles. The van der Waals surface area contributed by atoms with Crippen LogP contribution in [0.25, 0.3) is 0 Å². The number of ether oxygens (including phenoxy) is 1. The molecule has 6 nitrogen and oxygen atoms in total. The Kier molecular flexibility index (Phi) is 4.41. The van der Waals surface area contributed by atoms with Crippen molar-refractivity contribution in [2.75, 3.05) is 5.73 Å². The second-order valence-electron chi connectivity index (χ2n) is 6.22. The number of nitrogens with zero attached hydrogens (tertiary/aromatic N) is 1. The van der Waals surface area contributed by atoms with Crippen LogP contribution in [0, 0.1) is 0 Å². The molecule has 0 spiro atoms. The fourth-order valence-corrected chi connectivity index (χ4v) is 3.22. The van der Waals surface area contributed by atoms with Gasteiger partial charge in [-0.1, -0.05) is 41.9 Å². The van der Waals surface area contributed by atoms with Crippen molar-refractivity contribution in [1.82, 2.24) is 4.98 Å². The number of hydrogen-bond acceptors (Lipinski definition) is 6. The Bertz CT molecular complexity index is 1140. The molecule has 1 aliphatic carbocycles. The van der Waals surface area contributed by atoms with E-state index in [4.69, 9.17) is 22.1 Å². The first kappa shape index (κ1) is 17.9. The molecule has 1 aliphatic rings. The Morgan fingerprint density at radius 2 is 1.68 bits per heavy atom. The number of pyridine rings is 1. The minimum Gasteiger partial charge on any atom is -0.457 e. The second kappa shape index (κ2) is 6.90. The van der Waals surface area contributed by atoms with Crippen molar-refractivity contribution in [2.24, 2.45) is 0 Å². The van der Waals surface area contributed by atoms with E-state index < -0.39 is 5.97 Å². The molecular weight excluding hydrogens is 380 g/mol. The van der Waals surface area contributed by atoms with E-state index in [0.29, 0.717) is 16.3 Å². The molecule has 0 unspecified atom stereocenters. The van der Waals surface area contributed by atoms with Crippen molar-refractivity contribution in [2.45, 2.75) is 6.61 Å². The highest BCUT2D eigenvalue weighted by atomic mass is 35.5. The van der Waals surface area contributed by atoms with Crippen molar-refractivity contribution in [1.29, 1.82) is 0 Å². The second-order valence-corrected chi connectivity index (χ2v) is 6.61. The Balaban J connectivity index is 1.65. The van der Waals surface area contributed by atoms with Gasteiger partial charge in [-0.2, -0.15) is 0 Å². The van der Waals surface area contributed by atoms with E-state index in [1.54, 1.807) is 36.4 Å². The van der Waals surface area contributed by atoms with Crippen LogP contribution in [0.4, 0.5) is 5.69 Å². The highest BCUT2D eigenvalue weighted by Crippen LogP contribution is 2.33. The molecule has 1 heterocycles. The van der Waals surface area contributed by atoms with Gasteiger partial charge in [0.15, 0.2) is 11.6 Å². The lowest BCUT2D eigenvalue weighted by Crippen LogP contribution is -2.24. The number of carbonyl (C=O) groups excluding carboxylic acids is 3. The summed E-state index contributed by atoms with van der Waals surface area (Å²) in [4.78, 5) is 41.9. The monoisotopic (exact) mass is 392 g/mol. The molecule has 0 amide bonds. The molecule has 2 N–H and O–H groups in total. The van der Waals surface area contributed by atoms with E-state index in [9.17, 15) is 14.4 Å². The van der Waals surface area contributed by atoms with E-state index in [2.05, 4.69) is 4.98 Å². The smallest absolute Gasteiger partial charge is 0.340 e. The summed E-state index contributed by atoms with van der Waals surface area (Å²) in [6.07, 6.45) is 1.49. The van der Waals surface area contributed by atoms with Gasteiger partial charge in [-0.15, -0.1) is 0 Å². The highest BCUT2D eigenvalue weighted by Gasteiger charge is 2.33. The van der Waals surface area contributed by atoms with Gasteiger partial charge in [0.2, 0.25) is 0 Å². The number of anilines is 1. The van der Waals surface area contributed by atoms with Crippen LogP contribution in [0.5, 0.6) is 0 Å². The molecule has 3 aromatic rings. The third kappa shape index (κ3) is 2.93. The van der Waals surface area contributed by atoms with Crippen LogP contribution in [0.2, 0.25) is 5.15 Å². The molecule has 2 aromatic carbocycles. The number of rotatable bonds is 3. The van der Waals surface area contributed by atoms with Crippen LogP contribution in [0.15, 0.2) is 54.7 Å². The van der Waals surface area contributed by atoms with E-state index in [-0.39, 0.29) is 46.1 Å². The summed E-state index contributed by atoms with van der Waals surface area (Å²) < 4.78 is 5.26. The summed E-state index contributed by atoms with van der Waals surface area (Å²) in [5.41, 5.74) is 7.52. The van der Waals surface area contributed by atoms with E-state index >= 15 is 0 Å². The van der Waals surface area contributed by atoms with E-state index in [1.807, 2.05) is 0 Å². The third-order valence-electron chi connectivity index (χ3n) is 4.51. The van der Waals surface area contributed by atoms with Crippen LogP contribution in [0.3, 0.4) is 0 Å². The van der Waals surface area contributed by atoms with E-state index in [0.717, 1.165) is 0 Å². The van der Waals surface area contributed by atoms with Crippen molar-refractivity contribution in [3.05, 3.63) is 93.3 Å². The van der Waals surface area contributed by atoms with Gasteiger partial charge in [-0.25, -0.2) is 9.78 Å². The van der Waals surface area contributed by atoms with Gasteiger partial charge >= 0.3 is 5.97 Å². The molecule has 138 valence electrons. The number of fused-ring (bicyclic) bond motifs is 2. The van der Waals surface area contributed by atoms with Crippen molar-refractivity contribution in [3.8, 4) is 0 Å². The summed E-state index contributed by atoms with van der Waals surface area (Å²) in [6, 6.07) is 12.6. The average molecular weight is 393 g/mol. The van der Waals surface area contributed by atoms with Crippen LogP contribution in [-0.4, -0.2) is 22.5 Å². The first-order valence-corrected chi connectivity index (χ1v) is 8.73.